The SMILES string of the molecule is CCCCCCC/C=C/C=C/C(O)C(N)CO. The Morgan fingerprint density at radius 2 is 1.82 bits per heavy atom. The maximum Gasteiger partial charge on any atom is 0.0897 e. The molecule has 0 aliphatic rings. The minimum absolute atomic E-state index is 0.202. The molecule has 3 heteroatoms. The quantitative estimate of drug-likeness (QED) is 0.405. The number of hydrogen-bond donors (Lipinski definition) is 3. The lowest BCUT2D eigenvalue weighted by atomic mass is 10.1. The Kier molecular flexibility index (Phi) is 11.4. The first-order valence-electron chi connectivity index (χ1n) is 6.60. The van der Waals surface area contributed by atoms with Crippen LogP contribution in [0.15, 0.2) is 24.3 Å². The number of aliphatic hydroxyl groups excluding tert-OH is 2. The molecule has 0 amide bonds. The van der Waals surface area contributed by atoms with Gasteiger partial charge >= 0.3 is 0 Å². The van der Waals surface area contributed by atoms with Crippen molar-refractivity contribution in [3.63, 3.8) is 0 Å². The van der Waals surface area contributed by atoms with E-state index in [1.54, 1.807) is 12.2 Å². The van der Waals surface area contributed by atoms with Crippen molar-refractivity contribution in [2.24, 2.45) is 5.73 Å². The molecule has 2 atom stereocenters. The van der Waals surface area contributed by atoms with Crippen molar-refractivity contribution < 1.29 is 10.2 Å². The van der Waals surface area contributed by atoms with Gasteiger partial charge in [-0.25, -0.2) is 0 Å². The van der Waals surface area contributed by atoms with Crippen LogP contribution in [-0.4, -0.2) is 29.0 Å². The molecule has 4 N–H and O–H groups in total. The van der Waals surface area contributed by atoms with Crippen molar-refractivity contribution in [2.45, 2.75) is 57.6 Å². The minimum atomic E-state index is -0.769. The maximum absolute atomic E-state index is 9.41. The number of rotatable bonds is 10. The molecular formula is C14H27NO2. The molecule has 0 bridgehead atoms. The summed E-state index contributed by atoms with van der Waals surface area (Å²) in [7, 11) is 0. The molecule has 3 nitrogen and oxygen atoms in total. The van der Waals surface area contributed by atoms with E-state index in [1.165, 1.54) is 32.1 Å². The molecule has 0 fully saturated rings. The van der Waals surface area contributed by atoms with Gasteiger partial charge in [-0.05, 0) is 12.8 Å². The maximum atomic E-state index is 9.41. The number of nitrogens with two attached hydrogens (primary N) is 1. The highest BCUT2D eigenvalue weighted by atomic mass is 16.3. The lowest BCUT2D eigenvalue weighted by Gasteiger charge is -2.11. The summed E-state index contributed by atoms with van der Waals surface area (Å²) in [6, 6.07) is -0.589. The zero-order valence-corrected chi connectivity index (χ0v) is 10.9. The van der Waals surface area contributed by atoms with Crippen LogP contribution in [0, 0.1) is 0 Å². The fourth-order valence-electron chi connectivity index (χ4n) is 1.47. The predicted molar refractivity (Wildman–Crippen MR) is 72.7 cm³/mol. The molecule has 0 aromatic carbocycles. The standard InChI is InChI=1S/C14H27NO2/c1-2-3-4-5-6-7-8-9-10-11-14(17)13(15)12-16/h8-11,13-14,16-17H,2-7,12,15H2,1H3/b9-8+,11-10+. The summed E-state index contributed by atoms with van der Waals surface area (Å²) in [5, 5.41) is 18.1. The van der Waals surface area contributed by atoms with E-state index in [9.17, 15) is 5.11 Å². The Balaban J connectivity index is 3.49. The van der Waals surface area contributed by atoms with Crippen molar-refractivity contribution in [2.75, 3.05) is 6.61 Å². The van der Waals surface area contributed by atoms with Gasteiger partial charge in [0.2, 0.25) is 0 Å². The summed E-state index contributed by atoms with van der Waals surface area (Å²) in [4.78, 5) is 0. The van der Waals surface area contributed by atoms with Gasteiger partial charge < -0.3 is 15.9 Å². The second-order valence-electron chi connectivity index (χ2n) is 4.35. The van der Waals surface area contributed by atoms with Crippen LogP contribution in [0.25, 0.3) is 0 Å². The smallest absolute Gasteiger partial charge is 0.0897 e. The van der Waals surface area contributed by atoms with E-state index in [0.717, 1.165) is 6.42 Å². The molecule has 0 radical (unpaired) electrons. The highest BCUT2D eigenvalue weighted by Crippen LogP contribution is 2.05. The van der Waals surface area contributed by atoms with Gasteiger partial charge in [-0.1, -0.05) is 56.9 Å². The minimum Gasteiger partial charge on any atom is -0.395 e. The van der Waals surface area contributed by atoms with Crippen molar-refractivity contribution >= 4 is 0 Å². The topological polar surface area (TPSA) is 66.5 Å². The van der Waals surface area contributed by atoms with Gasteiger partial charge in [0.15, 0.2) is 0 Å². The first-order chi connectivity index (χ1) is 8.22. The second-order valence-corrected chi connectivity index (χ2v) is 4.35. The third-order valence-electron chi connectivity index (χ3n) is 2.68. The first kappa shape index (κ1) is 16.4. The molecule has 100 valence electrons. The fourth-order valence-corrected chi connectivity index (χ4v) is 1.47. The van der Waals surface area contributed by atoms with E-state index in [2.05, 4.69) is 13.0 Å². The average molecular weight is 241 g/mol. The monoisotopic (exact) mass is 241 g/mol. The molecule has 0 aliphatic carbocycles. The molecule has 0 aliphatic heterocycles. The molecule has 17 heavy (non-hydrogen) atoms. The molecule has 0 saturated carbocycles. The molecule has 0 heterocycles. The summed E-state index contributed by atoms with van der Waals surface area (Å²) < 4.78 is 0. The Bertz CT molecular complexity index is 214. The second kappa shape index (κ2) is 11.8. The zero-order valence-electron chi connectivity index (χ0n) is 10.9. The lowest BCUT2D eigenvalue weighted by Crippen LogP contribution is -2.36. The van der Waals surface area contributed by atoms with Crippen LogP contribution in [-0.2, 0) is 0 Å². The molecule has 2 unspecified atom stereocenters. The molecule has 0 saturated heterocycles. The third kappa shape index (κ3) is 10.2. The number of allylic oxidation sites excluding steroid dienone is 3. The number of aliphatic hydroxyl groups is 2. The molecule has 0 aromatic heterocycles. The van der Waals surface area contributed by atoms with Crippen LogP contribution in [0.4, 0.5) is 0 Å². The Morgan fingerprint density at radius 3 is 2.47 bits per heavy atom. The van der Waals surface area contributed by atoms with E-state index in [4.69, 9.17) is 10.8 Å². The Morgan fingerprint density at radius 1 is 1.12 bits per heavy atom. The van der Waals surface area contributed by atoms with Crippen LogP contribution >= 0.6 is 0 Å². The predicted octanol–water partition coefficient (Wildman–Crippen LogP) is 2.14. The van der Waals surface area contributed by atoms with E-state index in [0.29, 0.717) is 0 Å². The van der Waals surface area contributed by atoms with Crippen LogP contribution in [0.3, 0.4) is 0 Å². The highest BCUT2D eigenvalue weighted by molar-refractivity contribution is 5.06. The summed E-state index contributed by atoms with van der Waals surface area (Å²) in [6.45, 7) is 2.01. The van der Waals surface area contributed by atoms with E-state index in [-0.39, 0.29) is 6.61 Å². The third-order valence-corrected chi connectivity index (χ3v) is 2.68. The molecule has 0 aromatic rings. The Labute approximate surface area is 105 Å². The molecule has 0 spiro atoms. The largest absolute Gasteiger partial charge is 0.395 e. The van der Waals surface area contributed by atoms with Gasteiger partial charge in [0, 0.05) is 0 Å². The van der Waals surface area contributed by atoms with Crippen molar-refractivity contribution in [1.82, 2.24) is 0 Å². The van der Waals surface area contributed by atoms with Crippen molar-refractivity contribution in [3.05, 3.63) is 24.3 Å². The lowest BCUT2D eigenvalue weighted by molar-refractivity contribution is 0.144. The Hall–Kier alpha value is -0.640. The van der Waals surface area contributed by atoms with Crippen LogP contribution in [0.1, 0.15) is 45.4 Å². The van der Waals surface area contributed by atoms with Crippen molar-refractivity contribution in [3.8, 4) is 0 Å². The van der Waals surface area contributed by atoms with Gasteiger partial charge in [-0.3, -0.25) is 0 Å². The fraction of sp³-hybridized carbons (Fsp3) is 0.714. The van der Waals surface area contributed by atoms with Gasteiger partial charge in [-0.2, -0.15) is 0 Å². The van der Waals surface area contributed by atoms with Gasteiger partial charge in [0.05, 0.1) is 18.8 Å². The average Bonchev–Trinajstić information content (AvgIpc) is 2.35. The van der Waals surface area contributed by atoms with E-state index in [1.807, 2.05) is 6.08 Å². The van der Waals surface area contributed by atoms with Gasteiger partial charge in [0.25, 0.3) is 0 Å². The van der Waals surface area contributed by atoms with Crippen LogP contribution < -0.4 is 5.73 Å². The summed E-state index contributed by atoms with van der Waals surface area (Å²) >= 11 is 0. The highest BCUT2D eigenvalue weighted by Gasteiger charge is 2.08. The number of unbranched alkanes of at least 4 members (excludes halogenated alkanes) is 5. The van der Waals surface area contributed by atoms with Gasteiger partial charge in [0.1, 0.15) is 0 Å². The number of hydrogen-bond acceptors (Lipinski definition) is 3. The summed E-state index contributed by atoms with van der Waals surface area (Å²) in [5.74, 6) is 0. The van der Waals surface area contributed by atoms with E-state index < -0.39 is 12.1 Å². The molecular weight excluding hydrogens is 214 g/mol. The van der Waals surface area contributed by atoms with Crippen molar-refractivity contribution in [1.29, 1.82) is 0 Å². The summed E-state index contributed by atoms with van der Waals surface area (Å²) in [5.41, 5.74) is 5.45. The van der Waals surface area contributed by atoms with Crippen LogP contribution in [0.2, 0.25) is 0 Å². The van der Waals surface area contributed by atoms with E-state index >= 15 is 0 Å². The first-order valence-corrected chi connectivity index (χ1v) is 6.60. The molecule has 0 rings (SSSR count). The summed E-state index contributed by atoms with van der Waals surface area (Å²) in [6.07, 6.45) is 14.2. The normalized spacial score (nSPS) is 15.8. The van der Waals surface area contributed by atoms with Gasteiger partial charge in [-0.15, -0.1) is 0 Å². The van der Waals surface area contributed by atoms with Crippen LogP contribution in [0.5, 0.6) is 0 Å². The zero-order chi connectivity index (χ0) is 12.9.